The van der Waals surface area contributed by atoms with Crippen LogP contribution in [0.4, 0.5) is 0 Å². The molecule has 18 heavy (non-hydrogen) atoms. The summed E-state index contributed by atoms with van der Waals surface area (Å²) in [5, 5.41) is 13.1. The average Bonchev–Trinajstić information content (AvgIpc) is 2.40. The Morgan fingerprint density at radius 2 is 1.94 bits per heavy atom. The summed E-state index contributed by atoms with van der Waals surface area (Å²) >= 11 is 0. The smallest absolute Gasteiger partial charge is 0.151 e. The van der Waals surface area contributed by atoms with Crippen molar-refractivity contribution in [2.75, 3.05) is 44.2 Å². The van der Waals surface area contributed by atoms with Gasteiger partial charge in [0.05, 0.1) is 17.6 Å². The molecule has 1 atom stereocenters. The molecule has 0 radical (unpaired) electrons. The highest BCUT2D eigenvalue weighted by Crippen LogP contribution is 2.05. The van der Waals surface area contributed by atoms with E-state index in [0.717, 1.165) is 13.1 Å². The van der Waals surface area contributed by atoms with Crippen LogP contribution in [0.15, 0.2) is 0 Å². The summed E-state index contributed by atoms with van der Waals surface area (Å²) < 4.78 is 22.9. The van der Waals surface area contributed by atoms with Gasteiger partial charge in [-0.2, -0.15) is 0 Å². The normalized spacial score (nSPS) is 22.9. The maximum Gasteiger partial charge on any atom is 0.151 e. The van der Waals surface area contributed by atoms with Crippen LogP contribution in [-0.2, 0) is 9.84 Å². The molecule has 1 fully saturated rings. The van der Waals surface area contributed by atoms with E-state index in [1.807, 2.05) is 4.90 Å². The summed E-state index contributed by atoms with van der Waals surface area (Å²) in [6.45, 7) is 7.58. The zero-order valence-corrected chi connectivity index (χ0v) is 12.2. The Morgan fingerprint density at radius 3 is 2.61 bits per heavy atom. The van der Waals surface area contributed by atoms with Gasteiger partial charge < -0.3 is 10.4 Å². The van der Waals surface area contributed by atoms with E-state index in [1.165, 1.54) is 0 Å². The van der Waals surface area contributed by atoms with Gasteiger partial charge in [-0.15, -0.1) is 0 Å². The fraction of sp³-hybridized carbons (Fsp3) is 1.00. The number of aliphatic hydroxyl groups is 1. The van der Waals surface area contributed by atoms with Gasteiger partial charge in [-0.25, -0.2) is 8.42 Å². The Morgan fingerprint density at radius 1 is 1.22 bits per heavy atom. The molecule has 2 N–H and O–H groups in total. The highest BCUT2D eigenvalue weighted by Gasteiger charge is 2.20. The molecular weight excluding hydrogens is 252 g/mol. The lowest BCUT2D eigenvalue weighted by Gasteiger charge is -2.23. The van der Waals surface area contributed by atoms with Gasteiger partial charge in [0.15, 0.2) is 9.84 Å². The maximum absolute atomic E-state index is 11.4. The van der Waals surface area contributed by atoms with Gasteiger partial charge in [0, 0.05) is 19.6 Å². The van der Waals surface area contributed by atoms with Crippen molar-refractivity contribution < 1.29 is 13.5 Å². The molecule has 0 aromatic carbocycles. The third kappa shape index (κ3) is 6.68. The summed E-state index contributed by atoms with van der Waals surface area (Å²) in [6, 6.07) is 0. The molecule has 0 bridgehead atoms. The van der Waals surface area contributed by atoms with Gasteiger partial charge in [-0.05, 0) is 25.4 Å². The molecule has 0 aliphatic carbocycles. The Hall–Kier alpha value is -0.170. The van der Waals surface area contributed by atoms with Crippen molar-refractivity contribution in [3.8, 4) is 0 Å². The van der Waals surface area contributed by atoms with Crippen LogP contribution >= 0.6 is 0 Å². The predicted octanol–water partition coefficient (Wildman–Crippen LogP) is -0.287. The molecule has 0 saturated carbocycles. The molecule has 1 aliphatic rings. The third-order valence-corrected chi connectivity index (χ3v) is 4.76. The lowest BCUT2D eigenvalue weighted by molar-refractivity contribution is 0.115. The van der Waals surface area contributed by atoms with Crippen molar-refractivity contribution in [1.82, 2.24) is 10.2 Å². The van der Waals surface area contributed by atoms with Crippen LogP contribution in [0.2, 0.25) is 0 Å². The summed E-state index contributed by atoms with van der Waals surface area (Å²) in [5.74, 6) is 1.07. The minimum atomic E-state index is -2.86. The molecule has 1 aliphatic heterocycles. The van der Waals surface area contributed by atoms with Crippen LogP contribution in [0.3, 0.4) is 0 Å². The lowest BCUT2D eigenvalue weighted by Crippen LogP contribution is -2.40. The summed E-state index contributed by atoms with van der Waals surface area (Å²) in [5.41, 5.74) is 0. The predicted molar refractivity (Wildman–Crippen MR) is 73.4 cm³/mol. The molecule has 1 saturated heterocycles. The topological polar surface area (TPSA) is 69.6 Å². The average molecular weight is 278 g/mol. The van der Waals surface area contributed by atoms with E-state index in [-0.39, 0.29) is 11.5 Å². The molecule has 0 spiro atoms. The molecule has 108 valence electrons. The van der Waals surface area contributed by atoms with E-state index in [9.17, 15) is 13.5 Å². The quantitative estimate of drug-likeness (QED) is 0.699. The number of rotatable bonds is 6. The van der Waals surface area contributed by atoms with Crippen molar-refractivity contribution in [1.29, 1.82) is 0 Å². The summed E-state index contributed by atoms with van der Waals surface area (Å²) in [4.78, 5) is 2.05. The van der Waals surface area contributed by atoms with E-state index in [2.05, 4.69) is 19.2 Å². The van der Waals surface area contributed by atoms with Gasteiger partial charge in [0.2, 0.25) is 0 Å². The van der Waals surface area contributed by atoms with Crippen molar-refractivity contribution in [2.45, 2.75) is 26.4 Å². The van der Waals surface area contributed by atoms with Gasteiger partial charge in [-0.3, -0.25) is 4.90 Å². The monoisotopic (exact) mass is 278 g/mol. The number of sulfone groups is 1. The summed E-state index contributed by atoms with van der Waals surface area (Å²) in [6.07, 6.45) is 0.249. The van der Waals surface area contributed by atoms with Crippen LogP contribution in [0, 0.1) is 5.92 Å². The molecule has 0 aromatic heterocycles. The first kappa shape index (κ1) is 15.9. The van der Waals surface area contributed by atoms with E-state index in [1.54, 1.807) is 0 Å². The molecule has 6 heteroatoms. The standard InChI is InChI=1S/C12H26N2O3S/c1-11(2)8-13-9-12(15)10-14-4-3-6-18(16,17)7-5-14/h11-13,15H,3-10H2,1-2H3. The fourth-order valence-electron chi connectivity index (χ4n) is 2.07. The summed E-state index contributed by atoms with van der Waals surface area (Å²) in [7, 11) is -2.86. The molecule has 1 heterocycles. The first-order valence-corrected chi connectivity index (χ1v) is 8.53. The number of hydrogen-bond acceptors (Lipinski definition) is 5. The molecule has 1 rings (SSSR count). The number of aliphatic hydroxyl groups excluding tert-OH is 1. The highest BCUT2D eigenvalue weighted by atomic mass is 32.2. The largest absolute Gasteiger partial charge is 0.390 e. The molecule has 5 nitrogen and oxygen atoms in total. The fourth-order valence-corrected chi connectivity index (χ4v) is 3.38. The van der Waals surface area contributed by atoms with Crippen LogP contribution < -0.4 is 5.32 Å². The first-order valence-electron chi connectivity index (χ1n) is 6.70. The van der Waals surface area contributed by atoms with Crippen molar-refractivity contribution in [3.63, 3.8) is 0 Å². The number of nitrogens with zero attached hydrogens (tertiary/aromatic N) is 1. The third-order valence-electron chi connectivity index (χ3n) is 3.05. The van der Waals surface area contributed by atoms with Crippen molar-refractivity contribution in [2.24, 2.45) is 5.92 Å². The Balaban J connectivity index is 2.25. The van der Waals surface area contributed by atoms with Crippen LogP contribution in [0.1, 0.15) is 20.3 Å². The van der Waals surface area contributed by atoms with Crippen molar-refractivity contribution in [3.05, 3.63) is 0 Å². The SMILES string of the molecule is CC(C)CNCC(O)CN1CCCS(=O)(=O)CC1. The second-order valence-corrected chi connectivity index (χ2v) is 7.82. The van der Waals surface area contributed by atoms with E-state index >= 15 is 0 Å². The van der Waals surface area contributed by atoms with Crippen LogP contribution in [0.5, 0.6) is 0 Å². The Bertz CT molecular complexity index is 330. The van der Waals surface area contributed by atoms with Crippen LogP contribution in [-0.4, -0.2) is 68.8 Å². The second kappa shape index (κ2) is 7.43. The lowest BCUT2D eigenvalue weighted by atomic mass is 10.2. The zero-order valence-electron chi connectivity index (χ0n) is 11.4. The van der Waals surface area contributed by atoms with Gasteiger partial charge in [0.25, 0.3) is 0 Å². The van der Waals surface area contributed by atoms with Gasteiger partial charge in [0.1, 0.15) is 0 Å². The second-order valence-electron chi connectivity index (χ2n) is 5.51. The highest BCUT2D eigenvalue weighted by molar-refractivity contribution is 7.91. The molecule has 1 unspecified atom stereocenters. The number of hydrogen-bond donors (Lipinski definition) is 2. The molecule has 0 amide bonds. The Kier molecular flexibility index (Phi) is 6.55. The minimum Gasteiger partial charge on any atom is -0.390 e. The van der Waals surface area contributed by atoms with E-state index in [0.29, 0.717) is 32.0 Å². The zero-order chi connectivity index (χ0) is 13.6. The van der Waals surface area contributed by atoms with Gasteiger partial charge >= 0.3 is 0 Å². The van der Waals surface area contributed by atoms with Crippen LogP contribution in [0.25, 0.3) is 0 Å². The molecular formula is C12H26N2O3S. The van der Waals surface area contributed by atoms with E-state index < -0.39 is 15.9 Å². The minimum absolute atomic E-state index is 0.221. The molecule has 0 aromatic rings. The van der Waals surface area contributed by atoms with E-state index in [4.69, 9.17) is 0 Å². The Labute approximate surface area is 110 Å². The number of nitrogens with one attached hydrogen (secondary N) is 1. The number of β-amino-alcohol motifs (C(OH)–C–C–N with tert-alkyl or cyclic N) is 1. The maximum atomic E-state index is 11.4. The van der Waals surface area contributed by atoms with Crippen molar-refractivity contribution >= 4 is 9.84 Å². The first-order chi connectivity index (χ1) is 8.39. The van der Waals surface area contributed by atoms with Gasteiger partial charge in [-0.1, -0.05) is 13.8 Å².